The van der Waals surface area contributed by atoms with Gasteiger partial charge in [-0.15, -0.1) is 0 Å². The lowest BCUT2D eigenvalue weighted by Gasteiger charge is -2.27. The molecule has 2 aromatic heterocycles. The van der Waals surface area contributed by atoms with Crippen LogP contribution < -0.4 is 5.56 Å². The van der Waals surface area contributed by atoms with Gasteiger partial charge in [0.1, 0.15) is 6.54 Å². The molecular formula is C25H25N3O3. The number of aromatic amines is 1. The van der Waals surface area contributed by atoms with Crippen LogP contribution in [0.4, 0.5) is 0 Å². The number of rotatable bonds is 4. The summed E-state index contributed by atoms with van der Waals surface area (Å²) in [5, 5.41) is 2.24. The van der Waals surface area contributed by atoms with Crippen LogP contribution >= 0.6 is 0 Å². The van der Waals surface area contributed by atoms with Gasteiger partial charge in [-0.1, -0.05) is 30.3 Å². The second kappa shape index (κ2) is 7.71. The summed E-state index contributed by atoms with van der Waals surface area (Å²) < 4.78 is 6.38. The van der Waals surface area contributed by atoms with Crippen LogP contribution in [0.5, 0.6) is 0 Å². The van der Waals surface area contributed by atoms with Crippen molar-refractivity contribution in [1.29, 1.82) is 0 Å². The third kappa shape index (κ3) is 3.53. The van der Waals surface area contributed by atoms with E-state index in [2.05, 4.69) is 28.1 Å². The highest BCUT2D eigenvalue weighted by Crippen LogP contribution is 2.28. The molecule has 1 N–H and O–H groups in total. The van der Waals surface area contributed by atoms with Crippen molar-refractivity contribution in [3.05, 3.63) is 81.3 Å². The highest BCUT2D eigenvalue weighted by Gasteiger charge is 2.22. The topological polar surface area (TPSA) is 67.3 Å². The number of nitrogens with zero attached hydrogens (tertiary/aromatic N) is 2. The fourth-order valence-corrected chi connectivity index (χ4v) is 4.63. The molecule has 158 valence electrons. The zero-order chi connectivity index (χ0) is 21.5. The molecule has 0 spiro atoms. The van der Waals surface area contributed by atoms with Gasteiger partial charge in [0.05, 0.1) is 12.6 Å². The number of nitrogens with one attached hydrogen (secondary N) is 1. The van der Waals surface area contributed by atoms with Crippen molar-refractivity contribution in [2.45, 2.75) is 33.0 Å². The van der Waals surface area contributed by atoms with E-state index in [-0.39, 0.29) is 12.1 Å². The molecule has 0 fully saturated rings. The number of carbonyl (C=O) groups is 1. The van der Waals surface area contributed by atoms with Crippen LogP contribution in [0, 0.1) is 6.92 Å². The number of aryl methyl sites for hydroxylation is 1. The van der Waals surface area contributed by atoms with Gasteiger partial charge in [0.2, 0.25) is 0 Å². The van der Waals surface area contributed by atoms with Crippen molar-refractivity contribution in [3.8, 4) is 0 Å². The third-order valence-corrected chi connectivity index (χ3v) is 6.20. The molecule has 0 amide bonds. The van der Waals surface area contributed by atoms with E-state index < -0.39 is 5.97 Å². The van der Waals surface area contributed by atoms with Gasteiger partial charge in [-0.25, -0.2) is 0 Å². The molecule has 6 nitrogen and oxygen atoms in total. The Morgan fingerprint density at radius 1 is 1.16 bits per heavy atom. The summed E-state index contributed by atoms with van der Waals surface area (Å²) in [5.74, 6) is -0.428. The van der Waals surface area contributed by atoms with Crippen LogP contribution in [-0.4, -0.2) is 34.1 Å². The Labute approximate surface area is 180 Å². The number of aromatic nitrogens is 2. The van der Waals surface area contributed by atoms with Gasteiger partial charge in [0.15, 0.2) is 0 Å². The largest absolute Gasteiger partial charge is 0.468 e. The van der Waals surface area contributed by atoms with E-state index in [4.69, 9.17) is 4.74 Å². The molecule has 0 aliphatic carbocycles. The lowest BCUT2D eigenvalue weighted by atomic mass is 10.0. The Morgan fingerprint density at radius 3 is 2.84 bits per heavy atom. The zero-order valence-electron chi connectivity index (χ0n) is 17.8. The number of carbonyl (C=O) groups excluding carboxylic acids is 1. The van der Waals surface area contributed by atoms with Crippen LogP contribution in [-0.2, 0) is 35.6 Å². The second-order valence-corrected chi connectivity index (χ2v) is 8.29. The minimum absolute atomic E-state index is 0.0880. The first-order valence-corrected chi connectivity index (χ1v) is 10.5. The number of fused-ring (bicyclic) bond motifs is 4. The number of hydrogen-bond acceptors (Lipinski definition) is 4. The van der Waals surface area contributed by atoms with E-state index >= 15 is 0 Å². The van der Waals surface area contributed by atoms with Crippen LogP contribution in [0.15, 0.2) is 53.3 Å². The molecule has 2 aromatic carbocycles. The Balaban J connectivity index is 1.50. The summed E-state index contributed by atoms with van der Waals surface area (Å²) in [5.41, 5.74) is 6.13. The monoisotopic (exact) mass is 415 g/mol. The normalized spacial score (nSPS) is 14.1. The molecule has 0 atom stereocenters. The van der Waals surface area contributed by atoms with Gasteiger partial charge < -0.3 is 9.72 Å². The minimum atomic E-state index is -0.428. The number of H-pyrrole nitrogens is 1. The number of methoxy groups -OCH3 is 1. The SMILES string of the molecule is COC(=O)Cn1c(=O)c(CN2CCc3c([nH]c4ccccc34)C2)cc2ccc(C)cc21. The smallest absolute Gasteiger partial charge is 0.325 e. The van der Waals surface area contributed by atoms with Crippen molar-refractivity contribution in [2.24, 2.45) is 0 Å². The van der Waals surface area contributed by atoms with E-state index in [9.17, 15) is 9.59 Å². The molecule has 0 saturated heterocycles. The lowest BCUT2D eigenvalue weighted by molar-refractivity contribution is -0.141. The number of para-hydroxylation sites is 1. The number of benzene rings is 2. The molecule has 1 aliphatic rings. The van der Waals surface area contributed by atoms with Gasteiger partial charge in [-0.2, -0.15) is 0 Å². The second-order valence-electron chi connectivity index (χ2n) is 8.29. The lowest BCUT2D eigenvalue weighted by Crippen LogP contribution is -2.34. The molecule has 31 heavy (non-hydrogen) atoms. The van der Waals surface area contributed by atoms with Gasteiger partial charge in [0, 0.05) is 41.8 Å². The summed E-state index contributed by atoms with van der Waals surface area (Å²) in [6, 6.07) is 16.3. The minimum Gasteiger partial charge on any atom is -0.468 e. The van der Waals surface area contributed by atoms with Gasteiger partial charge in [-0.05, 0) is 48.1 Å². The Morgan fingerprint density at radius 2 is 2.00 bits per heavy atom. The van der Waals surface area contributed by atoms with E-state index in [0.717, 1.165) is 41.5 Å². The number of ether oxygens (including phenoxy) is 1. The first-order valence-electron chi connectivity index (χ1n) is 10.5. The summed E-state index contributed by atoms with van der Waals surface area (Å²) in [7, 11) is 1.34. The Bertz CT molecular complexity index is 1370. The maximum absolute atomic E-state index is 13.3. The number of esters is 1. The van der Waals surface area contributed by atoms with Gasteiger partial charge in [0.25, 0.3) is 5.56 Å². The molecule has 0 unspecified atom stereocenters. The molecule has 0 saturated carbocycles. The molecule has 6 heteroatoms. The molecule has 5 rings (SSSR count). The van der Waals surface area contributed by atoms with Crippen LogP contribution in [0.25, 0.3) is 21.8 Å². The maximum Gasteiger partial charge on any atom is 0.325 e. The molecular weight excluding hydrogens is 390 g/mol. The average Bonchev–Trinajstić information content (AvgIpc) is 3.14. The van der Waals surface area contributed by atoms with Crippen LogP contribution in [0.1, 0.15) is 22.4 Å². The first kappa shape index (κ1) is 19.6. The predicted molar refractivity (Wildman–Crippen MR) is 121 cm³/mol. The highest BCUT2D eigenvalue weighted by molar-refractivity contribution is 5.85. The zero-order valence-corrected chi connectivity index (χ0v) is 17.8. The fourth-order valence-electron chi connectivity index (χ4n) is 4.63. The first-order chi connectivity index (χ1) is 15.0. The molecule has 4 aromatic rings. The average molecular weight is 415 g/mol. The van der Waals surface area contributed by atoms with E-state index in [1.54, 1.807) is 4.57 Å². The standard InChI is InChI=1S/C25H25N3O3/c1-16-7-8-17-12-18(25(30)28(23(17)11-16)15-24(29)31-2)13-27-10-9-20-19-5-3-4-6-21(19)26-22(20)14-27/h3-8,11-12,26H,9-10,13-15H2,1-2H3. The summed E-state index contributed by atoms with van der Waals surface area (Å²) >= 11 is 0. The Kier molecular flexibility index (Phi) is 4.87. The maximum atomic E-state index is 13.3. The summed E-state index contributed by atoms with van der Waals surface area (Å²) in [4.78, 5) is 31.1. The van der Waals surface area contributed by atoms with Crippen molar-refractivity contribution in [3.63, 3.8) is 0 Å². The molecule has 0 bridgehead atoms. The van der Waals surface area contributed by atoms with Crippen molar-refractivity contribution < 1.29 is 9.53 Å². The predicted octanol–water partition coefficient (Wildman–Crippen LogP) is 3.52. The summed E-state index contributed by atoms with van der Waals surface area (Å²) in [6.07, 6.45) is 0.947. The highest BCUT2D eigenvalue weighted by atomic mass is 16.5. The van der Waals surface area contributed by atoms with Crippen molar-refractivity contribution in [1.82, 2.24) is 14.5 Å². The molecule has 0 radical (unpaired) electrons. The third-order valence-electron chi connectivity index (χ3n) is 6.20. The molecule has 3 heterocycles. The van der Waals surface area contributed by atoms with Crippen molar-refractivity contribution in [2.75, 3.05) is 13.7 Å². The van der Waals surface area contributed by atoms with Crippen molar-refractivity contribution >= 4 is 27.8 Å². The van der Waals surface area contributed by atoms with E-state index in [1.807, 2.05) is 37.3 Å². The number of hydrogen-bond donors (Lipinski definition) is 1. The molecule has 1 aliphatic heterocycles. The van der Waals surface area contributed by atoms with Crippen LogP contribution in [0.2, 0.25) is 0 Å². The number of pyridine rings is 1. The Hall–Kier alpha value is -3.38. The van der Waals surface area contributed by atoms with E-state index in [1.165, 1.54) is 23.8 Å². The van der Waals surface area contributed by atoms with Gasteiger partial charge in [-0.3, -0.25) is 19.1 Å². The van der Waals surface area contributed by atoms with Crippen LogP contribution in [0.3, 0.4) is 0 Å². The van der Waals surface area contributed by atoms with Gasteiger partial charge >= 0.3 is 5.97 Å². The quantitative estimate of drug-likeness (QED) is 0.518. The fraction of sp³-hybridized carbons (Fsp3) is 0.280. The summed E-state index contributed by atoms with van der Waals surface area (Å²) in [6.45, 7) is 4.09. The van der Waals surface area contributed by atoms with E-state index in [0.29, 0.717) is 12.1 Å².